The molecule has 2 aromatic rings. The van der Waals surface area contributed by atoms with Crippen molar-refractivity contribution in [3.05, 3.63) is 41.2 Å². The summed E-state index contributed by atoms with van der Waals surface area (Å²) in [6.07, 6.45) is 0. The van der Waals surface area contributed by atoms with E-state index in [9.17, 15) is 4.79 Å². The number of aryl methyl sites for hydroxylation is 1. The van der Waals surface area contributed by atoms with Gasteiger partial charge in [0.15, 0.2) is 5.69 Å². The normalized spacial score (nSPS) is 10.9. The molecule has 0 bridgehead atoms. The van der Waals surface area contributed by atoms with Crippen LogP contribution in [-0.2, 0) is 0 Å². The minimum atomic E-state index is -0.177. The van der Waals surface area contributed by atoms with Crippen molar-refractivity contribution in [3.8, 4) is 0 Å². The first-order chi connectivity index (χ1) is 9.95. The molecule has 3 N–H and O–H groups in total. The third-order valence-electron chi connectivity index (χ3n) is 3.49. The summed E-state index contributed by atoms with van der Waals surface area (Å²) in [5.74, 6) is 0.0249. The lowest BCUT2D eigenvalue weighted by molar-refractivity contribution is 0.0984. The van der Waals surface area contributed by atoms with Gasteiger partial charge in [-0.15, -0.1) is 0 Å². The van der Waals surface area contributed by atoms with Gasteiger partial charge in [-0.3, -0.25) is 9.89 Å². The molecule has 21 heavy (non-hydrogen) atoms. The molecular weight excluding hydrogens is 264 g/mol. The Balaban J connectivity index is 2.37. The molecule has 5 nitrogen and oxygen atoms in total. The van der Waals surface area contributed by atoms with Crippen molar-refractivity contribution in [3.63, 3.8) is 0 Å². The maximum absolute atomic E-state index is 12.7. The van der Waals surface area contributed by atoms with Crippen molar-refractivity contribution < 1.29 is 4.79 Å². The maximum atomic E-state index is 12.7. The van der Waals surface area contributed by atoms with Gasteiger partial charge < -0.3 is 10.6 Å². The van der Waals surface area contributed by atoms with Gasteiger partial charge in [0.25, 0.3) is 5.91 Å². The summed E-state index contributed by atoms with van der Waals surface area (Å²) >= 11 is 0. The number of nitrogens with zero attached hydrogens (tertiary/aromatic N) is 2. The van der Waals surface area contributed by atoms with Crippen LogP contribution >= 0.6 is 0 Å². The molecular formula is C16H22N4O. The summed E-state index contributed by atoms with van der Waals surface area (Å²) in [4.78, 5) is 14.4. The highest BCUT2D eigenvalue weighted by atomic mass is 16.2. The van der Waals surface area contributed by atoms with Crippen LogP contribution in [0.2, 0.25) is 0 Å². The predicted molar refractivity (Wildman–Crippen MR) is 85.6 cm³/mol. The van der Waals surface area contributed by atoms with E-state index in [2.05, 4.69) is 10.2 Å². The number of amides is 1. The number of nitrogens with two attached hydrogens (primary N) is 1. The average molecular weight is 286 g/mol. The zero-order valence-electron chi connectivity index (χ0n) is 13.0. The number of aromatic nitrogens is 2. The first-order valence-electron chi connectivity index (χ1n) is 7.18. The number of anilines is 2. The Hall–Kier alpha value is -2.30. The van der Waals surface area contributed by atoms with Gasteiger partial charge in [0, 0.05) is 12.2 Å². The van der Waals surface area contributed by atoms with Crippen LogP contribution in [0.5, 0.6) is 0 Å². The number of hydrogen-bond donors (Lipinski definition) is 2. The zero-order chi connectivity index (χ0) is 15.6. The largest absolute Gasteiger partial charge is 0.395 e. The van der Waals surface area contributed by atoms with Crippen LogP contribution in [0.4, 0.5) is 11.4 Å². The quantitative estimate of drug-likeness (QED) is 0.907. The summed E-state index contributed by atoms with van der Waals surface area (Å²) in [5, 5.41) is 6.99. The molecule has 0 aliphatic heterocycles. The summed E-state index contributed by atoms with van der Waals surface area (Å²) in [6, 6.07) is 7.84. The number of H-pyrrole nitrogens is 1. The lowest BCUT2D eigenvalue weighted by Gasteiger charge is -2.20. The van der Waals surface area contributed by atoms with Gasteiger partial charge in [0.05, 0.1) is 11.4 Å². The Morgan fingerprint density at radius 2 is 2.14 bits per heavy atom. The molecule has 0 aliphatic rings. The fourth-order valence-electron chi connectivity index (χ4n) is 2.33. The van der Waals surface area contributed by atoms with E-state index >= 15 is 0 Å². The Bertz CT molecular complexity index is 645. The number of rotatable bonds is 4. The van der Waals surface area contributed by atoms with Crippen LogP contribution in [-0.4, -0.2) is 22.6 Å². The average Bonchev–Trinajstić information content (AvgIpc) is 2.81. The zero-order valence-corrected chi connectivity index (χ0v) is 13.0. The van der Waals surface area contributed by atoms with Crippen molar-refractivity contribution in [2.24, 2.45) is 0 Å². The molecule has 0 spiro atoms. The minimum Gasteiger partial charge on any atom is -0.395 e. The van der Waals surface area contributed by atoms with Gasteiger partial charge in [0.1, 0.15) is 0 Å². The van der Waals surface area contributed by atoms with Crippen LogP contribution in [0, 0.1) is 6.92 Å². The van der Waals surface area contributed by atoms with E-state index in [1.807, 2.05) is 52.0 Å². The topological polar surface area (TPSA) is 75.0 Å². The Morgan fingerprint density at radius 3 is 2.67 bits per heavy atom. The number of carbonyl (C=O) groups is 1. The Kier molecular flexibility index (Phi) is 4.31. The fourth-order valence-corrected chi connectivity index (χ4v) is 2.33. The van der Waals surface area contributed by atoms with E-state index < -0.39 is 0 Å². The van der Waals surface area contributed by atoms with E-state index in [-0.39, 0.29) is 11.8 Å². The predicted octanol–water partition coefficient (Wildman–Crippen LogP) is 3.09. The van der Waals surface area contributed by atoms with Gasteiger partial charge in [-0.05, 0) is 37.5 Å². The number of carbonyl (C=O) groups excluding carboxylic acids is 1. The second-order valence-corrected chi connectivity index (χ2v) is 5.44. The number of aromatic amines is 1. The number of benzene rings is 1. The van der Waals surface area contributed by atoms with Crippen molar-refractivity contribution in [2.75, 3.05) is 17.2 Å². The number of nitrogen functional groups attached to an aromatic ring is 1. The van der Waals surface area contributed by atoms with Gasteiger partial charge in [-0.1, -0.05) is 26.0 Å². The van der Waals surface area contributed by atoms with Crippen molar-refractivity contribution in [1.29, 1.82) is 0 Å². The SMILES string of the molecule is CCN(C(=O)c1n[nH]c(C(C)C)c1N)c1cccc(C)c1. The lowest BCUT2D eigenvalue weighted by atomic mass is 10.1. The molecule has 1 aromatic heterocycles. The van der Waals surface area contributed by atoms with E-state index in [1.54, 1.807) is 4.90 Å². The van der Waals surface area contributed by atoms with Gasteiger partial charge >= 0.3 is 0 Å². The molecule has 0 atom stereocenters. The van der Waals surface area contributed by atoms with E-state index in [0.29, 0.717) is 17.9 Å². The monoisotopic (exact) mass is 286 g/mol. The molecule has 1 amide bonds. The molecule has 112 valence electrons. The molecule has 1 aromatic carbocycles. The first kappa shape index (κ1) is 15.1. The standard InChI is InChI=1S/C16H22N4O/c1-5-20(12-8-6-7-11(4)9-12)16(21)15-13(17)14(10(2)3)18-19-15/h6-10H,5,17H2,1-4H3,(H,18,19). The molecule has 1 heterocycles. The smallest absolute Gasteiger partial charge is 0.280 e. The van der Waals surface area contributed by atoms with Crippen LogP contribution in [0.15, 0.2) is 24.3 Å². The molecule has 0 aliphatic carbocycles. The highest BCUT2D eigenvalue weighted by Gasteiger charge is 2.24. The molecule has 0 radical (unpaired) electrons. The van der Waals surface area contributed by atoms with Crippen LogP contribution < -0.4 is 10.6 Å². The molecule has 0 saturated carbocycles. The summed E-state index contributed by atoms with van der Waals surface area (Å²) in [6.45, 7) is 8.52. The molecule has 0 unspecified atom stereocenters. The maximum Gasteiger partial charge on any atom is 0.280 e. The highest BCUT2D eigenvalue weighted by molar-refractivity contribution is 6.08. The Labute approximate surface area is 125 Å². The second-order valence-electron chi connectivity index (χ2n) is 5.44. The van der Waals surface area contributed by atoms with Gasteiger partial charge in [-0.2, -0.15) is 5.10 Å². The third kappa shape index (κ3) is 2.91. The summed E-state index contributed by atoms with van der Waals surface area (Å²) < 4.78 is 0. The minimum absolute atomic E-state index is 0.177. The summed E-state index contributed by atoms with van der Waals surface area (Å²) in [7, 11) is 0. The van der Waals surface area contributed by atoms with Gasteiger partial charge in [0.2, 0.25) is 0 Å². The van der Waals surface area contributed by atoms with Crippen molar-refractivity contribution in [1.82, 2.24) is 10.2 Å². The van der Waals surface area contributed by atoms with Crippen LogP contribution in [0.1, 0.15) is 48.4 Å². The lowest BCUT2D eigenvalue weighted by Crippen LogP contribution is -2.31. The molecule has 0 saturated heterocycles. The highest BCUT2D eigenvalue weighted by Crippen LogP contribution is 2.25. The second kappa shape index (κ2) is 5.99. The Morgan fingerprint density at radius 1 is 1.43 bits per heavy atom. The third-order valence-corrected chi connectivity index (χ3v) is 3.49. The number of nitrogens with one attached hydrogen (secondary N) is 1. The van der Waals surface area contributed by atoms with Gasteiger partial charge in [-0.25, -0.2) is 0 Å². The fraction of sp³-hybridized carbons (Fsp3) is 0.375. The first-order valence-corrected chi connectivity index (χ1v) is 7.18. The van der Waals surface area contributed by atoms with Crippen LogP contribution in [0.25, 0.3) is 0 Å². The molecule has 2 rings (SSSR count). The van der Waals surface area contributed by atoms with Crippen molar-refractivity contribution in [2.45, 2.75) is 33.6 Å². The summed E-state index contributed by atoms with van der Waals surface area (Å²) in [5.41, 5.74) is 9.57. The molecule has 0 fully saturated rings. The number of hydrogen-bond acceptors (Lipinski definition) is 3. The van der Waals surface area contributed by atoms with E-state index in [1.165, 1.54) is 0 Å². The van der Waals surface area contributed by atoms with E-state index in [4.69, 9.17) is 5.73 Å². The van der Waals surface area contributed by atoms with Crippen LogP contribution in [0.3, 0.4) is 0 Å². The van der Waals surface area contributed by atoms with E-state index in [0.717, 1.165) is 16.9 Å². The molecule has 5 heteroatoms. The van der Waals surface area contributed by atoms with Crippen molar-refractivity contribution >= 4 is 17.3 Å².